The zero-order valence-electron chi connectivity index (χ0n) is 12.4. The Morgan fingerprint density at radius 3 is 2.26 bits per heavy atom. The zero-order chi connectivity index (χ0) is 16.0. The third-order valence-electron chi connectivity index (χ3n) is 3.97. The second-order valence-electron chi connectivity index (χ2n) is 5.46. The van der Waals surface area contributed by atoms with Crippen molar-refractivity contribution in [2.75, 3.05) is 3.11 Å². The van der Waals surface area contributed by atoms with Gasteiger partial charge in [-0.15, -0.1) is 0 Å². The number of hydrogen-bond acceptors (Lipinski definition) is 2. The number of aryl methyl sites for hydroxylation is 1. The minimum absolute atomic E-state index is 0.240. The molecule has 23 heavy (non-hydrogen) atoms. The minimum Gasteiger partial charge on any atom is -0.454 e. The first-order chi connectivity index (χ1) is 11.1. The molecule has 114 valence electrons. The standard InChI is InChI=1S/C19H13FINO/c1-12-4-2-5-15-16-6-3-7-17(19(16)23-18(12)15)22(21)14-10-8-13(20)9-11-14/h2-11H,1H3. The lowest BCUT2D eigenvalue weighted by Crippen LogP contribution is -2.00. The summed E-state index contributed by atoms with van der Waals surface area (Å²) in [6, 6.07) is 18.7. The molecular weight excluding hydrogens is 404 g/mol. The molecule has 0 unspecified atom stereocenters. The van der Waals surface area contributed by atoms with E-state index in [1.807, 2.05) is 34.3 Å². The zero-order valence-corrected chi connectivity index (χ0v) is 14.5. The minimum atomic E-state index is -0.240. The van der Waals surface area contributed by atoms with Crippen LogP contribution in [-0.2, 0) is 0 Å². The summed E-state index contributed by atoms with van der Waals surface area (Å²) in [6.45, 7) is 2.05. The number of benzene rings is 3. The van der Waals surface area contributed by atoms with Crippen molar-refractivity contribution >= 4 is 56.2 Å². The molecule has 0 fully saturated rings. The SMILES string of the molecule is Cc1cccc2c1oc1c(N(I)c3ccc(F)cc3)cccc12. The van der Waals surface area contributed by atoms with Crippen LogP contribution in [0.2, 0.25) is 0 Å². The van der Waals surface area contributed by atoms with Gasteiger partial charge in [0.15, 0.2) is 5.58 Å². The van der Waals surface area contributed by atoms with Crippen LogP contribution in [0.3, 0.4) is 0 Å². The van der Waals surface area contributed by atoms with Gasteiger partial charge in [0.1, 0.15) is 11.4 Å². The number of hydrogen-bond donors (Lipinski definition) is 0. The second-order valence-corrected chi connectivity index (χ2v) is 6.43. The van der Waals surface area contributed by atoms with E-state index in [1.165, 1.54) is 12.1 Å². The largest absolute Gasteiger partial charge is 0.454 e. The van der Waals surface area contributed by atoms with Crippen molar-refractivity contribution < 1.29 is 8.81 Å². The van der Waals surface area contributed by atoms with E-state index in [9.17, 15) is 4.39 Å². The Labute approximate surface area is 147 Å². The maximum atomic E-state index is 13.2. The smallest absolute Gasteiger partial charge is 0.159 e. The molecule has 4 heteroatoms. The Morgan fingerprint density at radius 2 is 1.52 bits per heavy atom. The topological polar surface area (TPSA) is 16.4 Å². The van der Waals surface area contributed by atoms with Crippen molar-refractivity contribution in [1.29, 1.82) is 0 Å². The molecule has 0 spiro atoms. The molecule has 4 aromatic rings. The number of rotatable bonds is 2. The molecule has 0 aliphatic carbocycles. The van der Waals surface area contributed by atoms with Crippen LogP contribution >= 0.6 is 22.9 Å². The van der Waals surface area contributed by atoms with Crippen molar-refractivity contribution in [3.05, 3.63) is 72.0 Å². The number of para-hydroxylation sites is 2. The lowest BCUT2D eigenvalue weighted by molar-refractivity contribution is 0.628. The fourth-order valence-corrected chi connectivity index (χ4v) is 3.51. The Balaban J connectivity index is 1.95. The summed E-state index contributed by atoms with van der Waals surface area (Å²) in [7, 11) is 0. The predicted molar refractivity (Wildman–Crippen MR) is 101 cm³/mol. The van der Waals surface area contributed by atoms with Crippen LogP contribution in [0.5, 0.6) is 0 Å². The highest BCUT2D eigenvalue weighted by atomic mass is 127. The summed E-state index contributed by atoms with van der Waals surface area (Å²) in [6.07, 6.45) is 0. The van der Waals surface area contributed by atoms with Gasteiger partial charge < -0.3 is 4.42 Å². The quantitative estimate of drug-likeness (QED) is 0.273. The first kappa shape index (κ1) is 14.5. The highest BCUT2D eigenvalue weighted by Crippen LogP contribution is 2.40. The molecule has 0 aliphatic rings. The van der Waals surface area contributed by atoms with Gasteiger partial charge in [-0.3, -0.25) is 3.11 Å². The molecule has 0 N–H and O–H groups in total. The average Bonchev–Trinajstić information content (AvgIpc) is 2.95. The molecule has 3 aromatic carbocycles. The monoisotopic (exact) mass is 417 g/mol. The van der Waals surface area contributed by atoms with Crippen LogP contribution < -0.4 is 3.11 Å². The van der Waals surface area contributed by atoms with Gasteiger partial charge >= 0.3 is 0 Å². The highest BCUT2D eigenvalue weighted by molar-refractivity contribution is 14.1. The maximum absolute atomic E-state index is 13.2. The fraction of sp³-hybridized carbons (Fsp3) is 0.0526. The first-order valence-electron chi connectivity index (χ1n) is 7.27. The molecule has 2 nitrogen and oxygen atoms in total. The Morgan fingerprint density at radius 1 is 0.870 bits per heavy atom. The van der Waals surface area contributed by atoms with Gasteiger partial charge in [0.25, 0.3) is 0 Å². The molecule has 0 saturated heterocycles. The molecule has 0 aliphatic heterocycles. The molecule has 1 heterocycles. The second kappa shape index (κ2) is 5.53. The van der Waals surface area contributed by atoms with Crippen LogP contribution in [0.4, 0.5) is 15.8 Å². The predicted octanol–water partition coefficient (Wildman–Crippen LogP) is 6.52. The fourth-order valence-electron chi connectivity index (χ4n) is 2.81. The van der Waals surface area contributed by atoms with Crippen LogP contribution in [-0.4, -0.2) is 0 Å². The summed E-state index contributed by atoms with van der Waals surface area (Å²) < 4.78 is 21.3. The molecule has 0 bridgehead atoms. The summed E-state index contributed by atoms with van der Waals surface area (Å²) in [4.78, 5) is 0. The van der Waals surface area contributed by atoms with Crippen LogP contribution in [0.25, 0.3) is 21.9 Å². The van der Waals surface area contributed by atoms with E-state index < -0.39 is 0 Å². The van der Waals surface area contributed by atoms with Gasteiger partial charge in [-0.25, -0.2) is 4.39 Å². The van der Waals surface area contributed by atoms with E-state index in [2.05, 4.69) is 35.0 Å². The third-order valence-corrected chi connectivity index (χ3v) is 5.04. The molecule has 1 aromatic heterocycles. The summed E-state index contributed by atoms with van der Waals surface area (Å²) in [5.74, 6) is -0.240. The van der Waals surface area contributed by atoms with E-state index in [-0.39, 0.29) is 5.82 Å². The molecule has 0 atom stereocenters. The van der Waals surface area contributed by atoms with E-state index >= 15 is 0 Å². The number of anilines is 2. The maximum Gasteiger partial charge on any atom is 0.159 e. The van der Waals surface area contributed by atoms with Gasteiger partial charge in [-0.1, -0.05) is 30.3 Å². The van der Waals surface area contributed by atoms with Gasteiger partial charge in [0.05, 0.1) is 34.2 Å². The van der Waals surface area contributed by atoms with Gasteiger partial charge in [-0.2, -0.15) is 0 Å². The lowest BCUT2D eigenvalue weighted by atomic mass is 10.1. The first-order valence-corrected chi connectivity index (χ1v) is 8.24. The van der Waals surface area contributed by atoms with E-state index in [0.29, 0.717) is 0 Å². The van der Waals surface area contributed by atoms with Crippen LogP contribution in [0.1, 0.15) is 5.56 Å². The van der Waals surface area contributed by atoms with Crippen molar-refractivity contribution in [3.63, 3.8) is 0 Å². The van der Waals surface area contributed by atoms with Crippen LogP contribution in [0.15, 0.2) is 65.1 Å². The Kier molecular flexibility index (Phi) is 3.49. The number of furan rings is 1. The van der Waals surface area contributed by atoms with E-state index in [1.54, 1.807) is 12.1 Å². The van der Waals surface area contributed by atoms with Crippen LogP contribution in [0, 0.1) is 12.7 Å². The van der Waals surface area contributed by atoms with E-state index in [0.717, 1.165) is 38.9 Å². The summed E-state index contributed by atoms with van der Waals surface area (Å²) in [5, 5.41) is 2.20. The molecule has 0 radical (unpaired) electrons. The van der Waals surface area contributed by atoms with Crippen molar-refractivity contribution in [1.82, 2.24) is 0 Å². The third kappa shape index (κ3) is 2.37. The van der Waals surface area contributed by atoms with Gasteiger partial charge in [-0.05, 0) is 42.8 Å². The summed E-state index contributed by atoms with van der Waals surface area (Å²) >= 11 is 2.22. The molecule has 0 amide bonds. The Bertz CT molecular complexity index is 1010. The Hall–Kier alpha value is -2.08. The normalized spacial score (nSPS) is 11.3. The van der Waals surface area contributed by atoms with Crippen molar-refractivity contribution in [2.24, 2.45) is 0 Å². The lowest BCUT2D eigenvalue weighted by Gasteiger charge is -2.16. The molecule has 0 saturated carbocycles. The van der Waals surface area contributed by atoms with Gasteiger partial charge in [0.2, 0.25) is 0 Å². The number of halogens is 2. The van der Waals surface area contributed by atoms with Crippen molar-refractivity contribution in [2.45, 2.75) is 6.92 Å². The van der Waals surface area contributed by atoms with Crippen molar-refractivity contribution in [3.8, 4) is 0 Å². The number of fused-ring (bicyclic) bond motifs is 3. The number of nitrogens with zero attached hydrogens (tertiary/aromatic N) is 1. The van der Waals surface area contributed by atoms with Gasteiger partial charge in [0, 0.05) is 10.8 Å². The average molecular weight is 417 g/mol. The molecule has 4 rings (SSSR count). The summed E-state index contributed by atoms with van der Waals surface area (Å²) in [5.41, 5.74) is 4.72. The van der Waals surface area contributed by atoms with E-state index in [4.69, 9.17) is 4.42 Å². The highest BCUT2D eigenvalue weighted by Gasteiger charge is 2.16. The molecular formula is C19H13FINO.